The van der Waals surface area contributed by atoms with Crippen molar-refractivity contribution >= 4 is 11.6 Å². The smallest absolute Gasteiger partial charge is 0.141 e. The van der Waals surface area contributed by atoms with E-state index >= 15 is 0 Å². The Morgan fingerprint density at radius 2 is 1.85 bits per heavy atom. The number of hydrogen-bond acceptors (Lipinski definition) is 5. The highest BCUT2D eigenvalue weighted by molar-refractivity contribution is 6.32. The predicted molar refractivity (Wildman–Crippen MR) is 109 cm³/mol. The molecule has 6 heteroatoms. The van der Waals surface area contributed by atoms with E-state index < -0.39 is 0 Å². The van der Waals surface area contributed by atoms with Gasteiger partial charge in [0.25, 0.3) is 0 Å². The summed E-state index contributed by atoms with van der Waals surface area (Å²) in [4.78, 5) is 2.11. The summed E-state index contributed by atoms with van der Waals surface area (Å²) in [7, 11) is 7.35. The summed E-state index contributed by atoms with van der Waals surface area (Å²) in [6.45, 7) is 2.45. The van der Waals surface area contributed by atoms with Gasteiger partial charge in [-0.05, 0) is 49.8 Å². The lowest BCUT2D eigenvalue weighted by molar-refractivity contribution is 0.261. The van der Waals surface area contributed by atoms with Crippen LogP contribution in [0.1, 0.15) is 22.7 Å². The van der Waals surface area contributed by atoms with Crippen molar-refractivity contribution in [3.8, 4) is 17.2 Å². The van der Waals surface area contributed by atoms with Crippen LogP contribution in [0.5, 0.6) is 17.2 Å². The number of likely N-dealkylation sites (N-methyl/N-ethyl adjacent to an activating group) is 1. The van der Waals surface area contributed by atoms with Crippen LogP contribution in [-0.2, 0) is 6.42 Å². The molecule has 0 spiro atoms. The molecule has 0 aromatic heterocycles. The Labute approximate surface area is 166 Å². The Balaban J connectivity index is 1.89. The first-order valence-corrected chi connectivity index (χ1v) is 9.46. The normalized spacial score (nSPS) is 16.1. The first kappa shape index (κ1) is 19.8. The van der Waals surface area contributed by atoms with Crippen molar-refractivity contribution in [1.82, 2.24) is 10.2 Å². The Kier molecular flexibility index (Phi) is 6.47. The van der Waals surface area contributed by atoms with Crippen LogP contribution in [0, 0.1) is 0 Å². The van der Waals surface area contributed by atoms with Crippen molar-refractivity contribution in [3.05, 3.63) is 52.0 Å². The maximum absolute atomic E-state index is 6.38. The van der Waals surface area contributed by atoms with Crippen LogP contribution in [-0.4, -0.2) is 52.9 Å². The molecule has 2 aromatic rings. The highest BCUT2D eigenvalue weighted by Gasteiger charge is 2.25. The molecule has 2 aromatic carbocycles. The lowest BCUT2D eigenvalue weighted by Gasteiger charge is -2.29. The van der Waals surface area contributed by atoms with Gasteiger partial charge in [0.15, 0.2) is 0 Å². The van der Waals surface area contributed by atoms with E-state index in [1.165, 1.54) is 11.1 Å². The zero-order valence-corrected chi connectivity index (χ0v) is 17.1. The number of ether oxygens (including phenoxy) is 3. The van der Waals surface area contributed by atoms with Gasteiger partial charge in [-0.1, -0.05) is 17.7 Å². The fourth-order valence-corrected chi connectivity index (χ4v) is 3.61. The quantitative estimate of drug-likeness (QED) is 0.783. The number of fused-ring (bicyclic) bond motifs is 1. The van der Waals surface area contributed by atoms with E-state index in [0.29, 0.717) is 17.4 Å². The molecule has 0 bridgehead atoms. The zero-order chi connectivity index (χ0) is 19.4. The van der Waals surface area contributed by atoms with Gasteiger partial charge in [0.05, 0.1) is 25.3 Å². The second kappa shape index (κ2) is 8.83. The topological polar surface area (TPSA) is 43.0 Å². The molecule has 1 heterocycles. The average molecular weight is 391 g/mol. The minimum Gasteiger partial charge on any atom is -0.496 e. The molecule has 27 heavy (non-hydrogen) atoms. The van der Waals surface area contributed by atoms with Gasteiger partial charge < -0.3 is 24.4 Å². The molecule has 1 unspecified atom stereocenters. The predicted octanol–water partition coefficient (Wildman–Crippen LogP) is 3.53. The summed E-state index contributed by atoms with van der Waals surface area (Å²) < 4.78 is 16.8. The van der Waals surface area contributed by atoms with Gasteiger partial charge in [-0.15, -0.1) is 0 Å². The van der Waals surface area contributed by atoms with Crippen LogP contribution in [0.25, 0.3) is 0 Å². The minimum absolute atomic E-state index is 0.0166. The van der Waals surface area contributed by atoms with Gasteiger partial charge in [-0.3, -0.25) is 0 Å². The van der Waals surface area contributed by atoms with Crippen molar-refractivity contribution in [2.24, 2.45) is 0 Å². The molecule has 1 N–H and O–H groups in total. The summed E-state index contributed by atoms with van der Waals surface area (Å²) in [6, 6.07) is 10.1. The van der Waals surface area contributed by atoms with E-state index in [2.05, 4.69) is 22.3 Å². The summed E-state index contributed by atoms with van der Waals surface area (Å²) in [6.07, 6.45) is 0.961. The van der Waals surface area contributed by atoms with Crippen molar-refractivity contribution < 1.29 is 14.2 Å². The van der Waals surface area contributed by atoms with E-state index in [0.717, 1.165) is 36.6 Å². The monoisotopic (exact) mass is 390 g/mol. The Morgan fingerprint density at radius 3 is 2.56 bits per heavy atom. The van der Waals surface area contributed by atoms with Gasteiger partial charge in [-0.2, -0.15) is 0 Å². The lowest BCUT2D eigenvalue weighted by atomic mass is 9.89. The van der Waals surface area contributed by atoms with Crippen LogP contribution >= 0.6 is 11.6 Å². The number of methoxy groups -OCH3 is 2. The maximum atomic E-state index is 6.38. The molecule has 1 aliphatic rings. The Hall–Kier alpha value is -1.95. The average Bonchev–Trinajstić information content (AvgIpc) is 2.67. The molecule has 0 fully saturated rings. The van der Waals surface area contributed by atoms with Gasteiger partial charge >= 0.3 is 0 Å². The van der Waals surface area contributed by atoms with Crippen LogP contribution in [0.4, 0.5) is 0 Å². The number of benzene rings is 2. The number of rotatable bonds is 7. The SMILES string of the molecule is COc1cc(OC)c(C2NCCc3cc(OCCN(C)C)ccc32)cc1Cl. The van der Waals surface area contributed by atoms with E-state index in [9.17, 15) is 0 Å². The molecule has 5 nitrogen and oxygen atoms in total. The van der Waals surface area contributed by atoms with Crippen LogP contribution in [0.15, 0.2) is 30.3 Å². The van der Waals surface area contributed by atoms with Crippen LogP contribution in [0.3, 0.4) is 0 Å². The van der Waals surface area contributed by atoms with Crippen molar-refractivity contribution in [2.45, 2.75) is 12.5 Å². The molecule has 0 amide bonds. The second-order valence-corrected chi connectivity index (χ2v) is 7.29. The second-order valence-electron chi connectivity index (χ2n) is 6.88. The van der Waals surface area contributed by atoms with Gasteiger partial charge in [0.2, 0.25) is 0 Å². The molecule has 0 radical (unpaired) electrons. The third-order valence-electron chi connectivity index (χ3n) is 4.79. The van der Waals surface area contributed by atoms with Crippen LogP contribution in [0.2, 0.25) is 5.02 Å². The summed E-state index contributed by atoms with van der Waals surface area (Å²) in [5.74, 6) is 2.28. The van der Waals surface area contributed by atoms with Gasteiger partial charge in [0, 0.05) is 24.7 Å². The molecular weight excluding hydrogens is 364 g/mol. The maximum Gasteiger partial charge on any atom is 0.141 e. The largest absolute Gasteiger partial charge is 0.496 e. The van der Waals surface area contributed by atoms with E-state index in [4.69, 9.17) is 25.8 Å². The fourth-order valence-electron chi connectivity index (χ4n) is 3.36. The zero-order valence-electron chi connectivity index (χ0n) is 16.3. The third-order valence-corrected chi connectivity index (χ3v) is 5.09. The van der Waals surface area contributed by atoms with Gasteiger partial charge in [-0.25, -0.2) is 0 Å². The summed E-state index contributed by atoms with van der Waals surface area (Å²) >= 11 is 6.38. The molecule has 3 rings (SSSR count). The Bertz CT molecular complexity index is 795. The van der Waals surface area contributed by atoms with Crippen LogP contribution < -0.4 is 19.5 Å². The number of hydrogen-bond donors (Lipinski definition) is 1. The first-order valence-electron chi connectivity index (χ1n) is 9.08. The molecule has 0 saturated carbocycles. The van der Waals surface area contributed by atoms with Crippen molar-refractivity contribution in [2.75, 3.05) is 48.0 Å². The molecular formula is C21H27ClN2O3. The van der Waals surface area contributed by atoms with E-state index in [1.807, 2.05) is 32.3 Å². The number of nitrogens with zero attached hydrogens (tertiary/aromatic N) is 1. The molecule has 1 atom stereocenters. The van der Waals surface area contributed by atoms with Crippen molar-refractivity contribution in [3.63, 3.8) is 0 Å². The lowest BCUT2D eigenvalue weighted by Crippen LogP contribution is -2.31. The minimum atomic E-state index is 0.0166. The van der Waals surface area contributed by atoms with E-state index in [1.54, 1.807) is 14.2 Å². The fraction of sp³-hybridized carbons (Fsp3) is 0.429. The molecule has 0 aliphatic carbocycles. The first-order chi connectivity index (χ1) is 13.0. The summed E-state index contributed by atoms with van der Waals surface area (Å²) in [5, 5.41) is 4.16. The standard InChI is InChI=1S/C21H27ClN2O3/c1-24(2)9-10-27-15-5-6-16-14(11-15)7-8-23-21(16)17-12-18(22)20(26-4)13-19(17)25-3/h5-6,11-13,21,23H,7-10H2,1-4H3. The molecule has 0 saturated heterocycles. The molecule has 1 aliphatic heterocycles. The molecule has 146 valence electrons. The number of nitrogens with one attached hydrogen (secondary N) is 1. The highest BCUT2D eigenvalue weighted by atomic mass is 35.5. The summed E-state index contributed by atoms with van der Waals surface area (Å²) in [5.41, 5.74) is 3.52. The van der Waals surface area contributed by atoms with E-state index in [-0.39, 0.29) is 6.04 Å². The third kappa shape index (κ3) is 4.49. The van der Waals surface area contributed by atoms with Crippen molar-refractivity contribution in [1.29, 1.82) is 0 Å². The van der Waals surface area contributed by atoms with Gasteiger partial charge in [0.1, 0.15) is 23.9 Å². The number of halogens is 1. The Morgan fingerprint density at radius 1 is 1.07 bits per heavy atom. The highest BCUT2D eigenvalue weighted by Crippen LogP contribution is 2.40.